The van der Waals surface area contributed by atoms with Crippen LogP contribution in [0.1, 0.15) is 11.1 Å². The minimum atomic E-state index is -0.460. The van der Waals surface area contributed by atoms with Gasteiger partial charge in [0.05, 0.1) is 0 Å². The fraction of sp³-hybridized carbons (Fsp3) is 0.0800. The van der Waals surface area contributed by atoms with E-state index in [1.807, 2.05) is 71.6 Å². The van der Waals surface area contributed by atoms with Crippen LogP contribution in [0.15, 0.2) is 98.2 Å². The molecule has 0 N–H and O–H groups in total. The van der Waals surface area contributed by atoms with Crippen LogP contribution >= 0.6 is 0 Å². The Balaban J connectivity index is 1.84. The summed E-state index contributed by atoms with van der Waals surface area (Å²) in [6.07, 6.45) is 4.01. The number of aromatic nitrogens is 1. The average molecular weight is 414 g/mol. The monoisotopic (exact) mass is 414 g/mol. The van der Waals surface area contributed by atoms with E-state index in [9.17, 15) is 9.59 Å². The van der Waals surface area contributed by atoms with Crippen LogP contribution in [0, 0.1) is 0 Å². The summed E-state index contributed by atoms with van der Waals surface area (Å²) >= 11 is 0. The summed E-state index contributed by atoms with van der Waals surface area (Å²) in [5.41, 5.74) is 3.50. The Labute approximate surface area is 181 Å². The van der Waals surface area contributed by atoms with Gasteiger partial charge in [-0.2, -0.15) is 0 Å². The summed E-state index contributed by atoms with van der Waals surface area (Å²) < 4.78 is 10.2. The van der Waals surface area contributed by atoms with Crippen molar-refractivity contribution in [3.8, 4) is 0 Å². The average Bonchev–Trinajstić information content (AvgIpc) is 2.83. The van der Waals surface area contributed by atoms with Gasteiger partial charge in [-0.1, -0.05) is 43.5 Å². The van der Waals surface area contributed by atoms with Gasteiger partial charge in [-0.25, -0.2) is 14.6 Å². The van der Waals surface area contributed by atoms with Crippen LogP contribution < -0.4 is 4.90 Å². The predicted molar refractivity (Wildman–Crippen MR) is 119 cm³/mol. The molecule has 6 nitrogen and oxygen atoms in total. The zero-order valence-corrected chi connectivity index (χ0v) is 16.9. The number of hydrogen-bond donors (Lipinski definition) is 0. The van der Waals surface area contributed by atoms with Crippen molar-refractivity contribution >= 4 is 29.1 Å². The predicted octanol–water partition coefficient (Wildman–Crippen LogP) is 5.01. The molecule has 0 radical (unpaired) electrons. The van der Waals surface area contributed by atoms with Crippen LogP contribution in [0.3, 0.4) is 0 Å². The van der Waals surface area contributed by atoms with Gasteiger partial charge < -0.3 is 9.47 Å². The first-order valence-corrected chi connectivity index (χ1v) is 9.58. The van der Waals surface area contributed by atoms with Gasteiger partial charge >= 0.3 is 11.9 Å². The molecule has 0 bridgehead atoms. The first-order chi connectivity index (χ1) is 15.1. The Kier molecular flexibility index (Phi) is 7.32. The fourth-order valence-corrected chi connectivity index (χ4v) is 2.81. The Morgan fingerprint density at radius 2 is 1.26 bits per heavy atom. The molecule has 3 aromatic rings. The quantitative estimate of drug-likeness (QED) is 0.362. The Bertz CT molecular complexity index is 978. The van der Waals surface area contributed by atoms with Crippen LogP contribution in [0.2, 0.25) is 0 Å². The van der Waals surface area contributed by atoms with Gasteiger partial charge in [-0.05, 0) is 47.5 Å². The third-order valence-electron chi connectivity index (χ3n) is 4.36. The van der Waals surface area contributed by atoms with Gasteiger partial charge in [0.25, 0.3) is 0 Å². The van der Waals surface area contributed by atoms with Crippen LogP contribution in [0.5, 0.6) is 0 Å². The van der Waals surface area contributed by atoms with Crippen molar-refractivity contribution in [2.45, 2.75) is 13.2 Å². The van der Waals surface area contributed by atoms with E-state index >= 15 is 0 Å². The molecule has 3 rings (SSSR count). The molecule has 0 aliphatic carbocycles. The molecular weight excluding hydrogens is 392 g/mol. The van der Waals surface area contributed by atoms with Crippen LogP contribution in [0.25, 0.3) is 0 Å². The van der Waals surface area contributed by atoms with Crippen molar-refractivity contribution in [1.29, 1.82) is 0 Å². The molecule has 0 aliphatic rings. The van der Waals surface area contributed by atoms with Gasteiger partial charge in [0.1, 0.15) is 19.0 Å². The fourth-order valence-electron chi connectivity index (χ4n) is 2.81. The highest BCUT2D eigenvalue weighted by molar-refractivity contribution is 5.81. The molecule has 6 heteroatoms. The van der Waals surface area contributed by atoms with E-state index < -0.39 is 11.9 Å². The van der Waals surface area contributed by atoms with Crippen LogP contribution in [0.4, 0.5) is 17.2 Å². The van der Waals surface area contributed by atoms with Crippen molar-refractivity contribution in [2.24, 2.45) is 0 Å². The molecule has 156 valence electrons. The second kappa shape index (κ2) is 10.5. The molecule has 0 unspecified atom stereocenters. The first-order valence-electron chi connectivity index (χ1n) is 9.58. The number of carbonyl (C=O) groups is 2. The Morgan fingerprint density at radius 3 is 1.65 bits per heavy atom. The largest absolute Gasteiger partial charge is 0.458 e. The maximum absolute atomic E-state index is 11.3. The normalized spacial score (nSPS) is 10.1. The number of nitrogens with zero attached hydrogens (tertiary/aromatic N) is 2. The lowest BCUT2D eigenvalue weighted by Gasteiger charge is -2.24. The first kappa shape index (κ1) is 21.5. The van der Waals surface area contributed by atoms with E-state index in [0.29, 0.717) is 0 Å². The summed E-state index contributed by atoms with van der Waals surface area (Å²) in [5, 5.41) is 0. The van der Waals surface area contributed by atoms with E-state index in [2.05, 4.69) is 18.1 Å². The molecule has 1 heterocycles. The third-order valence-corrected chi connectivity index (χ3v) is 4.36. The summed E-state index contributed by atoms with van der Waals surface area (Å²) in [4.78, 5) is 29.0. The summed E-state index contributed by atoms with van der Waals surface area (Å²) in [5.74, 6) is -0.171. The zero-order valence-electron chi connectivity index (χ0n) is 16.9. The highest BCUT2D eigenvalue weighted by Gasteiger charge is 2.13. The number of ether oxygens (including phenoxy) is 2. The van der Waals surface area contributed by atoms with Crippen LogP contribution in [-0.4, -0.2) is 16.9 Å². The summed E-state index contributed by atoms with van der Waals surface area (Å²) in [6, 6.07) is 21.0. The second-order valence-electron chi connectivity index (χ2n) is 6.48. The van der Waals surface area contributed by atoms with Gasteiger partial charge in [0.2, 0.25) is 0 Å². The molecule has 0 aliphatic heterocycles. The van der Waals surface area contributed by atoms with Gasteiger partial charge in [-0.3, -0.25) is 4.90 Å². The number of rotatable bonds is 9. The molecule has 31 heavy (non-hydrogen) atoms. The molecular formula is C25H22N2O4. The van der Waals surface area contributed by atoms with Crippen molar-refractivity contribution in [2.75, 3.05) is 4.90 Å². The molecule has 0 spiro atoms. The van der Waals surface area contributed by atoms with E-state index in [0.717, 1.165) is 40.5 Å². The number of anilines is 3. The van der Waals surface area contributed by atoms with Crippen LogP contribution in [-0.2, 0) is 32.3 Å². The number of hydrogen-bond acceptors (Lipinski definition) is 6. The molecule has 0 amide bonds. The van der Waals surface area contributed by atoms with E-state index in [4.69, 9.17) is 9.47 Å². The number of pyridine rings is 1. The minimum absolute atomic E-state index is 0.173. The Hall–Kier alpha value is -4.19. The standard InChI is InChI=1S/C25H22N2O4/c1-3-24(28)30-17-19-8-12-21(13-9-19)27(23-7-5-6-16-26-23)22-14-10-20(11-15-22)18-31-25(29)4-2/h3-16H,1-2,17-18H2. The SMILES string of the molecule is C=CC(=O)OCc1ccc(N(c2ccc(COC(=O)C=C)cc2)c2ccccn2)cc1. The molecule has 0 saturated heterocycles. The van der Waals surface area contributed by atoms with Gasteiger partial charge in [-0.15, -0.1) is 0 Å². The molecule has 1 aromatic heterocycles. The van der Waals surface area contributed by atoms with Gasteiger partial charge in [0.15, 0.2) is 0 Å². The highest BCUT2D eigenvalue weighted by atomic mass is 16.5. The number of esters is 2. The topological polar surface area (TPSA) is 68.7 Å². The minimum Gasteiger partial charge on any atom is -0.458 e. The van der Waals surface area contributed by atoms with E-state index in [-0.39, 0.29) is 13.2 Å². The lowest BCUT2D eigenvalue weighted by Crippen LogP contribution is -2.11. The lowest BCUT2D eigenvalue weighted by molar-refractivity contribution is -0.139. The van der Waals surface area contributed by atoms with Gasteiger partial charge in [0, 0.05) is 29.7 Å². The van der Waals surface area contributed by atoms with E-state index in [1.165, 1.54) is 0 Å². The van der Waals surface area contributed by atoms with E-state index in [1.54, 1.807) is 6.20 Å². The smallest absolute Gasteiger partial charge is 0.330 e. The lowest BCUT2D eigenvalue weighted by atomic mass is 10.1. The molecule has 0 fully saturated rings. The maximum atomic E-state index is 11.3. The zero-order chi connectivity index (χ0) is 22.1. The number of benzene rings is 2. The van der Waals surface area contributed by atoms with Crippen molar-refractivity contribution in [3.63, 3.8) is 0 Å². The molecule has 0 atom stereocenters. The van der Waals surface area contributed by atoms with Crippen molar-refractivity contribution in [1.82, 2.24) is 4.98 Å². The summed E-state index contributed by atoms with van der Waals surface area (Å²) in [7, 11) is 0. The molecule has 2 aromatic carbocycles. The number of carbonyl (C=O) groups excluding carboxylic acids is 2. The molecule has 0 saturated carbocycles. The highest BCUT2D eigenvalue weighted by Crippen LogP contribution is 2.33. The summed E-state index contributed by atoms with van der Waals surface area (Å²) in [6.45, 7) is 7.13. The van der Waals surface area contributed by atoms with Crippen molar-refractivity contribution < 1.29 is 19.1 Å². The third kappa shape index (κ3) is 5.90. The Morgan fingerprint density at radius 1 is 0.774 bits per heavy atom. The maximum Gasteiger partial charge on any atom is 0.330 e. The van der Waals surface area contributed by atoms with Crippen molar-refractivity contribution in [3.05, 3.63) is 109 Å². The second-order valence-corrected chi connectivity index (χ2v) is 6.48.